The van der Waals surface area contributed by atoms with E-state index in [1.54, 1.807) is 6.07 Å². The summed E-state index contributed by atoms with van der Waals surface area (Å²) in [6.07, 6.45) is 0.667. The van der Waals surface area contributed by atoms with Gasteiger partial charge < -0.3 is 15.3 Å². The molecule has 2 aromatic carbocycles. The minimum absolute atomic E-state index is 0.343. The van der Waals surface area contributed by atoms with Crippen LogP contribution in [0.4, 0.5) is 5.69 Å². The zero-order chi connectivity index (χ0) is 17.3. The van der Waals surface area contributed by atoms with Gasteiger partial charge in [0, 0.05) is 16.7 Å². The smallest absolute Gasteiger partial charge is 0.249 e. The summed E-state index contributed by atoms with van der Waals surface area (Å²) in [6.45, 7) is 3.78. The Morgan fingerprint density at radius 1 is 1.25 bits per heavy atom. The molecule has 0 aliphatic carbocycles. The van der Waals surface area contributed by atoms with Gasteiger partial charge in [-0.1, -0.05) is 34.6 Å². The molecule has 5 nitrogen and oxygen atoms in total. The van der Waals surface area contributed by atoms with Crippen LogP contribution in [-0.2, 0) is 9.59 Å². The van der Waals surface area contributed by atoms with Crippen molar-refractivity contribution in [3.05, 3.63) is 53.5 Å². The predicted octanol–water partition coefficient (Wildman–Crippen LogP) is 2.69. The summed E-state index contributed by atoms with van der Waals surface area (Å²) in [6, 6.07) is 10.6. The quantitative estimate of drug-likeness (QED) is 0.794. The molecule has 0 radical (unpaired) electrons. The van der Waals surface area contributed by atoms with Crippen LogP contribution in [0.1, 0.15) is 6.42 Å². The van der Waals surface area contributed by atoms with Crippen LogP contribution >= 0.6 is 15.9 Å². The number of hydrogen-bond acceptors (Lipinski definition) is 3. The Labute approximate surface area is 148 Å². The van der Waals surface area contributed by atoms with E-state index in [0.29, 0.717) is 18.7 Å². The molecule has 24 heavy (non-hydrogen) atoms. The second-order valence-corrected chi connectivity index (χ2v) is 6.65. The number of hydrogen-bond donors (Lipinski definition) is 2. The molecule has 0 saturated carbocycles. The van der Waals surface area contributed by atoms with Crippen molar-refractivity contribution >= 4 is 44.2 Å². The highest BCUT2D eigenvalue weighted by Gasteiger charge is 2.40. The average Bonchev–Trinajstić information content (AvgIpc) is 2.96. The summed E-state index contributed by atoms with van der Waals surface area (Å²) in [5.41, 5.74) is 0.625. The summed E-state index contributed by atoms with van der Waals surface area (Å²) in [5.74, 6) is -0.748. The fourth-order valence-electron chi connectivity index (χ4n) is 2.97. The molecule has 2 unspecified atom stereocenters. The molecule has 2 aromatic rings. The lowest BCUT2D eigenvalue weighted by atomic mass is 10.1. The van der Waals surface area contributed by atoms with Crippen LogP contribution < -0.4 is 5.32 Å². The van der Waals surface area contributed by atoms with Crippen LogP contribution in [0.5, 0.6) is 0 Å². The van der Waals surface area contributed by atoms with Gasteiger partial charge in [0.15, 0.2) is 0 Å². The first kappa shape index (κ1) is 16.7. The molecule has 1 aliphatic heterocycles. The molecule has 2 atom stereocenters. The van der Waals surface area contributed by atoms with Crippen molar-refractivity contribution in [3.8, 4) is 0 Å². The number of fused-ring (bicyclic) bond motifs is 1. The molecular formula is C18H17BrN2O3. The van der Waals surface area contributed by atoms with Crippen molar-refractivity contribution in [2.24, 2.45) is 0 Å². The summed E-state index contributed by atoms with van der Waals surface area (Å²) in [7, 11) is 0. The molecule has 0 bridgehead atoms. The summed E-state index contributed by atoms with van der Waals surface area (Å²) < 4.78 is 0.986. The standard InChI is InChI=1S/C18H17BrN2O3/c1-2-16(23)21-8-7-15(22)17(21)18(24)20-14-6-4-11-9-13(19)5-3-12(11)10-14/h2-6,9-10,15,17,22H,1,7-8H2,(H,20,24). The minimum atomic E-state index is -0.892. The van der Waals surface area contributed by atoms with Crippen LogP contribution in [-0.4, -0.2) is 40.5 Å². The lowest BCUT2D eigenvalue weighted by Crippen LogP contribution is -2.47. The van der Waals surface area contributed by atoms with Crippen LogP contribution in [0, 0.1) is 0 Å². The number of nitrogens with one attached hydrogen (secondary N) is 1. The third-order valence-electron chi connectivity index (χ3n) is 4.16. The number of rotatable bonds is 3. The first-order valence-electron chi connectivity index (χ1n) is 7.61. The summed E-state index contributed by atoms with van der Waals surface area (Å²) in [4.78, 5) is 25.7. The fourth-order valence-corrected chi connectivity index (χ4v) is 3.35. The highest BCUT2D eigenvalue weighted by Crippen LogP contribution is 2.24. The van der Waals surface area contributed by atoms with Crippen molar-refractivity contribution in [3.63, 3.8) is 0 Å². The number of likely N-dealkylation sites (tertiary alicyclic amines) is 1. The molecule has 1 fully saturated rings. The van der Waals surface area contributed by atoms with Crippen molar-refractivity contribution in [2.45, 2.75) is 18.6 Å². The van der Waals surface area contributed by atoms with E-state index in [0.717, 1.165) is 21.3 Å². The second-order valence-electron chi connectivity index (χ2n) is 5.73. The van der Waals surface area contributed by atoms with Gasteiger partial charge in [-0.3, -0.25) is 9.59 Å². The number of anilines is 1. The Morgan fingerprint density at radius 3 is 2.71 bits per heavy atom. The molecule has 6 heteroatoms. The Hall–Kier alpha value is -2.18. The maximum Gasteiger partial charge on any atom is 0.249 e. The van der Waals surface area contributed by atoms with E-state index in [4.69, 9.17) is 0 Å². The van der Waals surface area contributed by atoms with E-state index in [9.17, 15) is 14.7 Å². The van der Waals surface area contributed by atoms with E-state index in [1.165, 1.54) is 4.90 Å². The first-order chi connectivity index (χ1) is 11.5. The monoisotopic (exact) mass is 388 g/mol. The Bertz CT molecular complexity index is 821. The third kappa shape index (κ3) is 3.20. The van der Waals surface area contributed by atoms with Crippen molar-refractivity contribution < 1.29 is 14.7 Å². The van der Waals surface area contributed by atoms with Gasteiger partial charge in [-0.05, 0) is 47.5 Å². The van der Waals surface area contributed by atoms with Gasteiger partial charge in [-0.2, -0.15) is 0 Å². The molecular weight excluding hydrogens is 372 g/mol. The fraction of sp³-hybridized carbons (Fsp3) is 0.222. The van der Waals surface area contributed by atoms with Crippen molar-refractivity contribution in [1.82, 2.24) is 4.90 Å². The van der Waals surface area contributed by atoms with Gasteiger partial charge in [-0.15, -0.1) is 0 Å². The van der Waals surface area contributed by atoms with Crippen LogP contribution in [0.2, 0.25) is 0 Å². The molecule has 2 amide bonds. The highest BCUT2D eigenvalue weighted by molar-refractivity contribution is 9.10. The zero-order valence-corrected chi connectivity index (χ0v) is 14.5. The third-order valence-corrected chi connectivity index (χ3v) is 4.66. The molecule has 1 saturated heterocycles. The summed E-state index contributed by atoms with van der Waals surface area (Å²) in [5, 5.41) is 14.9. The molecule has 0 spiro atoms. The van der Waals surface area contributed by atoms with E-state index < -0.39 is 18.1 Å². The highest BCUT2D eigenvalue weighted by atomic mass is 79.9. The number of carbonyl (C=O) groups excluding carboxylic acids is 2. The maximum atomic E-state index is 12.5. The number of aliphatic hydroxyl groups excluding tert-OH is 1. The van der Waals surface area contributed by atoms with Gasteiger partial charge in [-0.25, -0.2) is 0 Å². The largest absolute Gasteiger partial charge is 0.390 e. The van der Waals surface area contributed by atoms with E-state index in [-0.39, 0.29) is 5.91 Å². The average molecular weight is 389 g/mol. The number of carbonyl (C=O) groups is 2. The Kier molecular flexibility index (Phi) is 4.69. The molecule has 0 aromatic heterocycles. The lowest BCUT2D eigenvalue weighted by molar-refractivity contribution is -0.134. The summed E-state index contributed by atoms with van der Waals surface area (Å²) >= 11 is 3.43. The minimum Gasteiger partial charge on any atom is -0.390 e. The Morgan fingerprint density at radius 2 is 1.96 bits per heavy atom. The predicted molar refractivity (Wildman–Crippen MR) is 96.6 cm³/mol. The van der Waals surface area contributed by atoms with Gasteiger partial charge in [0.1, 0.15) is 6.04 Å². The first-order valence-corrected chi connectivity index (χ1v) is 8.40. The molecule has 2 N–H and O–H groups in total. The zero-order valence-electron chi connectivity index (χ0n) is 12.9. The molecule has 1 aliphatic rings. The van der Waals surface area contributed by atoms with Gasteiger partial charge >= 0.3 is 0 Å². The Balaban J connectivity index is 1.82. The van der Waals surface area contributed by atoms with Crippen molar-refractivity contribution in [2.75, 3.05) is 11.9 Å². The van der Waals surface area contributed by atoms with E-state index in [1.807, 2.05) is 30.3 Å². The topological polar surface area (TPSA) is 69.6 Å². The van der Waals surface area contributed by atoms with Gasteiger partial charge in [0.2, 0.25) is 11.8 Å². The number of halogens is 1. The lowest BCUT2D eigenvalue weighted by Gasteiger charge is -2.24. The van der Waals surface area contributed by atoms with Crippen LogP contribution in [0.15, 0.2) is 53.5 Å². The maximum absolute atomic E-state index is 12.5. The van der Waals surface area contributed by atoms with E-state index in [2.05, 4.69) is 27.8 Å². The van der Waals surface area contributed by atoms with Gasteiger partial charge in [0.05, 0.1) is 6.10 Å². The number of nitrogens with zero attached hydrogens (tertiary/aromatic N) is 1. The number of aliphatic hydroxyl groups is 1. The molecule has 1 heterocycles. The second kappa shape index (κ2) is 6.75. The van der Waals surface area contributed by atoms with Crippen molar-refractivity contribution in [1.29, 1.82) is 0 Å². The van der Waals surface area contributed by atoms with Gasteiger partial charge in [0.25, 0.3) is 0 Å². The molecule has 124 valence electrons. The number of amides is 2. The number of benzene rings is 2. The normalized spacial score (nSPS) is 20.2. The molecule has 3 rings (SSSR count). The van der Waals surface area contributed by atoms with Crippen LogP contribution in [0.3, 0.4) is 0 Å². The van der Waals surface area contributed by atoms with Crippen LogP contribution in [0.25, 0.3) is 10.8 Å². The van der Waals surface area contributed by atoms with E-state index >= 15 is 0 Å². The SMILES string of the molecule is C=CC(=O)N1CCC(O)C1C(=O)Nc1ccc2cc(Br)ccc2c1.